The highest BCUT2D eigenvalue weighted by Crippen LogP contribution is 2.44. The molecule has 0 saturated heterocycles. The summed E-state index contributed by atoms with van der Waals surface area (Å²) < 4.78 is 5.61. The minimum atomic E-state index is -0.274. The van der Waals surface area contributed by atoms with E-state index in [1.807, 2.05) is 24.0 Å². The Kier molecular flexibility index (Phi) is 3.13. The molecule has 0 aliphatic heterocycles. The molecule has 0 unspecified atom stereocenters. The Hall–Kier alpha value is -1.29. The molecular weight excluding hydrogens is 240 g/mol. The van der Waals surface area contributed by atoms with Crippen LogP contribution in [0.2, 0.25) is 0 Å². The first-order chi connectivity index (χ1) is 9.14. The van der Waals surface area contributed by atoms with Gasteiger partial charge in [0.25, 0.3) is 0 Å². The van der Waals surface area contributed by atoms with Crippen molar-refractivity contribution in [2.24, 2.45) is 11.1 Å². The van der Waals surface area contributed by atoms with Crippen molar-refractivity contribution in [3.05, 3.63) is 23.7 Å². The predicted octanol–water partition coefficient (Wildman–Crippen LogP) is 2.21. The van der Waals surface area contributed by atoms with E-state index >= 15 is 0 Å². The van der Waals surface area contributed by atoms with Crippen molar-refractivity contribution in [1.29, 1.82) is 0 Å². The maximum Gasteiger partial charge on any atom is 0.230 e. The van der Waals surface area contributed by atoms with Crippen molar-refractivity contribution in [2.45, 2.75) is 51.6 Å². The fourth-order valence-electron chi connectivity index (χ4n) is 2.90. The van der Waals surface area contributed by atoms with Crippen molar-refractivity contribution in [3.63, 3.8) is 0 Å². The minimum Gasteiger partial charge on any atom is -0.464 e. The van der Waals surface area contributed by atoms with Crippen LogP contribution in [0.15, 0.2) is 16.5 Å². The zero-order valence-corrected chi connectivity index (χ0v) is 11.5. The lowest BCUT2D eigenvalue weighted by Crippen LogP contribution is -2.52. The van der Waals surface area contributed by atoms with Crippen molar-refractivity contribution in [2.75, 3.05) is 6.54 Å². The quantitative estimate of drug-likeness (QED) is 0.885. The Morgan fingerprint density at radius 2 is 2.21 bits per heavy atom. The molecule has 1 amide bonds. The molecule has 0 aromatic carbocycles. The Balaban J connectivity index is 1.75. The van der Waals surface area contributed by atoms with Gasteiger partial charge < -0.3 is 15.1 Å². The second kappa shape index (κ2) is 4.67. The van der Waals surface area contributed by atoms with Gasteiger partial charge in [-0.05, 0) is 44.7 Å². The van der Waals surface area contributed by atoms with E-state index in [9.17, 15) is 4.79 Å². The number of amides is 1. The first-order valence-electron chi connectivity index (χ1n) is 7.21. The summed E-state index contributed by atoms with van der Waals surface area (Å²) in [5.41, 5.74) is 5.58. The van der Waals surface area contributed by atoms with Crippen molar-refractivity contribution < 1.29 is 9.21 Å². The summed E-state index contributed by atoms with van der Waals surface area (Å²) >= 11 is 0. The molecule has 19 heavy (non-hydrogen) atoms. The number of aryl methyl sites for hydroxylation is 1. The molecule has 4 heteroatoms. The molecule has 3 rings (SSSR count). The maximum atomic E-state index is 12.8. The van der Waals surface area contributed by atoms with E-state index in [1.165, 1.54) is 0 Å². The SMILES string of the molecule is Cc1ccc(CN(C(=O)C2(CN)CCC2)C2CC2)o1. The molecule has 2 N–H and O–H groups in total. The van der Waals surface area contributed by atoms with Gasteiger partial charge in [-0.3, -0.25) is 4.79 Å². The van der Waals surface area contributed by atoms with Crippen molar-refractivity contribution >= 4 is 5.91 Å². The number of hydrogen-bond acceptors (Lipinski definition) is 3. The van der Waals surface area contributed by atoms with Gasteiger partial charge in [0, 0.05) is 12.6 Å². The Morgan fingerprint density at radius 1 is 1.47 bits per heavy atom. The Labute approximate surface area is 113 Å². The first-order valence-corrected chi connectivity index (χ1v) is 7.21. The zero-order chi connectivity index (χ0) is 13.5. The van der Waals surface area contributed by atoms with Gasteiger partial charge in [-0.2, -0.15) is 0 Å². The smallest absolute Gasteiger partial charge is 0.230 e. The molecule has 0 radical (unpaired) electrons. The number of carbonyl (C=O) groups is 1. The molecule has 0 spiro atoms. The van der Waals surface area contributed by atoms with Gasteiger partial charge in [0.05, 0.1) is 12.0 Å². The van der Waals surface area contributed by atoms with Crippen LogP contribution in [0, 0.1) is 12.3 Å². The van der Waals surface area contributed by atoms with Crippen LogP contribution in [0.4, 0.5) is 0 Å². The topological polar surface area (TPSA) is 59.5 Å². The average molecular weight is 262 g/mol. The molecule has 2 aliphatic rings. The monoisotopic (exact) mass is 262 g/mol. The molecular formula is C15H22N2O2. The van der Waals surface area contributed by atoms with Crippen LogP contribution in [-0.4, -0.2) is 23.4 Å². The van der Waals surface area contributed by atoms with E-state index in [4.69, 9.17) is 10.2 Å². The van der Waals surface area contributed by atoms with Gasteiger partial charge in [-0.15, -0.1) is 0 Å². The zero-order valence-electron chi connectivity index (χ0n) is 11.5. The maximum absolute atomic E-state index is 12.8. The lowest BCUT2D eigenvalue weighted by molar-refractivity contribution is -0.148. The standard InChI is InChI=1S/C15H22N2O2/c1-11-3-6-13(19-11)9-17(12-4-5-12)14(18)15(10-16)7-2-8-15/h3,6,12H,2,4-5,7-10,16H2,1H3. The molecule has 104 valence electrons. The third-order valence-electron chi connectivity index (χ3n) is 4.53. The van der Waals surface area contributed by atoms with E-state index in [-0.39, 0.29) is 11.3 Å². The largest absolute Gasteiger partial charge is 0.464 e. The van der Waals surface area contributed by atoms with Gasteiger partial charge >= 0.3 is 0 Å². The summed E-state index contributed by atoms with van der Waals surface area (Å²) in [5, 5.41) is 0. The van der Waals surface area contributed by atoms with Gasteiger partial charge in [0.1, 0.15) is 11.5 Å². The summed E-state index contributed by atoms with van der Waals surface area (Å²) in [6, 6.07) is 4.32. The second-order valence-corrected chi connectivity index (χ2v) is 6.01. The van der Waals surface area contributed by atoms with Crippen molar-refractivity contribution in [1.82, 2.24) is 4.90 Å². The number of hydrogen-bond donors (Lipinski definition) is 1. The van der Waals surface area contributed by atoms with Crippen LogP contribution in [-0.2, 0) is 11.3 Å². The normalized spacial score (nSPS) is 20.9. The van der Waals surface area contributed by atoms with Crippen LogP contribution in [0.1, 0.15) is 43.6 Å². The molecule has 1 aromatic rings. The molecule has 2 saturated carbocycles. The molecule has 1 aromatic heterocycles. The van der Waals surface area contributed by atoms with Crippen LogP contribution in [0.5, 0.6) is 0 Å². The van der Waals surface area contributed by atoms with Crippen molar-refractivity contribution in [3.8, 4) is 0 Å². The molecule has 2 aliphatic carbocycles. The number of furan rings is 1. The van der Waals surface area contributed by atoms with E-state index in [1.54, 1.807) is 0 Å². The van der Waals surface area contributed by atoms with Crippen LogP contribution >= 0.6 is 0 Å². The fourth-order valence-corrected chi connectivity index (χ4v) is 2.90. The summed E-state index contributed by atoms with van der Waals surface area (Å²) in [7, 11) is 0. The Morgan fingerprint density at radius 3 is 2.63 bits per heavy atom. The summed E-state index contributed by atoms with van der Waals surface area (Å²) in [5.74, 6) is 2.03. The van der Waals surface area contributed by atoms with Crippen LogP contribution < -0.4 is 5.73 Å². The highest BCUT2D eigenvalue weighted by molar-refractivity contribution is 5.84. The van der Waals surface area contributed by atoms with Gasteiger partial charge in [0.15, 0.2) is 0 Å². The molecule has 4 nitrogen and oxygen atoms in total. The average Bonchev–Trinajstić information content (AvgIpc) is 3.09. The van der Waals surface area contributed by atoms with Crippen LogP contribution in [0.25, 0.3) is 0 Å². The van der Waals surface area contributed by atoms with Crippen LogP contribution in [0.3, 0.4) is 0 Å². The van der Waals surface area contributed by atoms with E-state index in [2.05, 4.69) is 0 Å². The van der Waals surface area contributed by atoms with Gasteiger partial charge in [-0.25, -0.2) is 0 Å². The third kappa shape index (κ3) is 2.29. The second-order valence-electron chi connectivity index (χ2n) is 6.01. The third-order valence-corrected chi connectivity index (χ3v) is 4.53. The number of rotatable bonds is 5. The number of carbonyl (C=O) groups excluding carboxylic acids is 1. The lowest BCUT2D eigenvalue weighted by Gasteiger charge is -2.42. The summed E-state index contributed by atoms with van der Waals surface area (Å²) in [4.78, 5) is 14.8. The first kappa shape index (κ1) is 12.7. The highest BCUT2D eigenvalue weighted by atomic mass is 16.3. The predicted molar refractivity (Wildman–Crippen MR) is 72.4 cm³/mol. The van der Waals surface area contributed by atoms with Gasteiger partial charge in [-0.1, -0.05) is 6.42 Å². The van der Waals surface area contributed by atoms with E-state index in [0.717, 1.165) is 43.6 Å². The van der Waals surface area contributed by atoms with E-state index < -0.39 is 0 Å². The minimum absolute atomic E-state index is 0.248. The molecule has 0 bridgehead atoms. The summed E-state index contributed by atoms with van der Waals surface area (Å²) in [6.07, 6.45) is 5.25. The fraction of sp³-hybridized carbons (Fsp3) is 0.667. The van der Waals surface area contributed by atoms with E-state index in [0.29, 0.717) is 19.1 Å². The highest BCUT2D eigenvalue weighted by Gasteiger charge is 2.48. The Bertz CT molecular complexity index is 467. The molecule has 1 heterocycles. The summed E-state index contributed by atoms with van der Waals surface area (Å²) in [6.45, 7) is 3.01. The molecule has 2 fully saturated rings. The van der Waals surface area contributed by atoms with Gasteiger partial charge in [0.2, 0.25) is 5.91 Å². The number of nitrogens with two attached hydrogens (primary N) is 1. The number of nitrogens with zero attached hydrogens (tertiary/aromatic N) is 1. The lowest BCUT2D eigenvalue weighted by atomic mass is 9.67. The molecule has 0 atom stereocenters.